The second-order valence-corrected chi connectivity index (χ2v) is 4.73. The van der Waals surface area contributed by atoms with Crippen LogP contribution in [0, 0.1) is 11.7 Å². The van der Waals surface area contributed by atoms with Gasteiger partial charge in [-0.05, 0) is 30.9 Å². The average Bonchev–Trinajstić information content (AvgIpc) is 2.81. The molecule has 6 heteroatoms. The Morgan fingerprint density at radius 2 is 1.95 bits per heavy atom. The number of benzene rings is 1. The largest absolute Gasteiger partial charge is 0.507 e. The summed E-state index contributed by atoms with van der Waals surface area (Å²) in [5.41, 5.74) is 5.60. The van der Waals surface area contributed by atoms with Crippen molar-refractivity contribution in [1.82, 2.24) is 0 Å². The van der Waals surface area contributed by atoms with E-state index in [1.165, 1.54) is 0 Å². The standard InChI is InChI=1S/C13H16FNO3.ClH/c14-9-6-5-8(13(17)18)12(16)10(9)11(15)7-3-1-2-4-7;/h5-7,11,16H,1-4,15H2,(H,17,18);1H/t11-;/m1./s1. The zero-order chi connectivity index (χ0) is 13.3. The summed E-state index contributed by atoms with van der Waals surface area (Å²) in [6.45, 7) is 0. The van der Waals surface area contributed by atoms with Crippen molar-refractivity contribution in [2.75, 3.05) is 0 Å². The maximum atomic E-state index is 13.8. The quantitative estimate of drug-likeness (QED) is 0.799. The van der Waals surface area contributed by atoms with E-state index >= 15 is 0 Å². The number of hydrogen-bond donors (Lipinski definition) is 3. The van der Waals surface area contributed by atoms with Crippen LogP contribution in [-0.4, -0.2) is 16.2 Å². The van der Waals surface area contributed by atoms with Crippen LogP contribution in [-0.2, 0) is 0 Å². The van der Waals surface area contributed by atoms with Gasteiger partial charge in [0.15, 0.2) is 0 Å². The first-order valence-electron chi connectivity index (χ1n) is 6.02. The van der Waals surface area contributed by atoms with Crippen molar-refractivity contribution < 1.29 is 19.4 Å². The first-order chi connectivity index (χ1) is 8.52. The molecule has 0 bridgehead atoms. The minimum Gasteiger partial charge on any atom is -0.507 e. The van der Waals surface area contributed by atoms with E-state index in [9.17, 15) is 14.3 Å². The molecule has 1 aromatic rings. The lowest BCUT2D eigenvalue weighted by molar-refractivity contribution is 0.0693. The van der Waals surface area contributed by atoms with Gasteiger partial charge in [-0.15, -0.1) is 12.4 Å². The smallest absolute Gasteiger partial charge is 0.339 e. The van der Waals surface area contributed by atoms with Gasteiger partial charge in [0.2, 0.25) is 0 Å². The highest BCUT2D eigenvalue weighted by atomic mass is 35.5. The molecule has 1 saturated carbocycles. The van der Waals surface area contributed by atoms with E-state index in [1.54, 1.807) is 0 Å². The number of rotatable bonds is 3. The Balaban J connectivity index is 0.00000180. The Morgan fingerprint density at radius 1 is 1.37 bits per heavy atom. The fraction of sp³-hybridized carbons (Fsp3) is 0.462. The van der Waals surface area contributed by atoms with Crippen molar-refractivity contribution in [2.45, 2.75) is 31.7 Å². The van der Waals surface area contributed by atoms with Gasteiger partial charge >= 0.3 is 5.97 Å². The van der Waals surface area contributed by atoms with E-state index in [1.807, 2.05) is 0 Å². The van der Waals surface area contributed by atoms with Crippen LogP contribution in [0.5, 0.6) is 5.75 Å². The number of aromatic carboxylic acids is 1. The fourth-order valence-electron chi connectivity index (χ4n) is 2.63. The first kappa shape index (κ1) is 15.7. The molecule has 0 radical (unpaired) electrons. The molecule has 0 aliphatic heterocycles. The molecule has 0 amide bonds. The minimum absolute atomic E-state index is 0. The van der Waals surface area contributed by atoms with Crippen molar-refractivity contribution in [2.24, 2.45) is 11.7 Å². The molecule has 1 aromatic carbocycles. The van der Waals surface area contributed by atoms with Crippen molar-refractivity contribution >= 4 is 18.4 Å². The van der Waals surface area contributed by atoms with Crippen LogP contribution in [0.1, 0.15) is 47.6 Å². The summed E-state index contributed by atoms with van der Waals surface area (Å²) in [4.78, 5) is 10.9. The van der Waals surface area contributed by atoms with Crippen LogP contribution in [0.4, 0.5) is 4.39 Å². The summed E-state index contributed by atoms with van der Waals surface area (Å²) < 4.78 is 13.8. The molecule has 1 aliphatic rings. The fourth-order valence-corrected chi connectivity index (χ4v) is 2.63. The molecule has 0 aromatic heterocycles. The van der Waals surface area contributed by atoms with E-state index in [2.05, 4.69) is 0 Å². The molecular weight excluding hydrogens is 273 g/mol. The first-order valence-corrected chi connectivity index (χ1v) is 6.02. The molecule has 106 valence electrons. The third kappa shape index (κ3) is 2.98. The Kier molecular flexibility index (Phi) is 5.14. The number of halogens is 2. The number of carbonyl (C=O) groups is 1. The van der Waals surface area contributed by atoms with E-state index in [-0.39, 0.29) is 29.5 Å². The minimum atomic E-state index is -1.28. The highest BCUT2D eigenvalue weighted by molar-refractivity contribution is 5.91. The summed E-state index contributed by atoms with van der Waals surface area (Å²) in [7, 11) is 0. The van der Waals surface area contributed by atoms with Crippen LogP contribution in [0.15, 0.2) is 12.1 Å². The Hall–Kier alpha value is -1.33. The summed E-state index contributed by atoms with van der Waals surface area (Å²) >= 11 is 0. The molecule has 0 unspecified atom stereocenters. The highest BCUT2D eigenvalue weighted by Crippen LogP contribution is 2.39. The van der Waals surface area contributed by atoms with Gasteiger partial charge in [-0.2, -0.15) is 0 Å². The lowest BCUT2D eigenvalue weighted by Gasteiger charge is -2.21. The molecule has 1 atom stereocenters. The maximum Gasteiger partial charge on any atom is 0.339 e. The molecule has 0 spiro atoms. The summed E-state index contributed by atoms with van der Waals surface area (Å²) in [5, 5.41) is 18.8. The van der Waals surface area contributed by atoms with Gasteiger partial charge in [0.05, 0.1) is 0 Å². The lowest BCUT2D eigenvalue weighted by atomic mass is 9.90. The van der Waals surface area contributed by atoms with Gasteiger partial charge < -0.3 is 15.9 Å². The Bertz CT molecular complexity index is 475. The van der Waals surface area contributed by atoms with Crippen LogP contribution >= 0.6 is 12.4 Å². The zero-order valence-electron chi connectivity index (χ0n) is 10.3. The van der Waals surface area contributed by atoms with Gasteiger partial charge in [-0.1, -0.05) is 12.8 Å². The number of carboxylic acids is 1. The Morgan fingerprint density at radius 3 is 2.47 bits per heavy atom. The second kappa shape index (κ2) is 6.21. The monoisotopic (exact) mass is 289 g/mol. The normalized spacial score (nSPS) is 16.9. The van der Waals surface area contributed by atoms with Crippen molar-refractivity contribution in [3.63, 3.8) is 0 Å². The number of carboxylic acid groups (broad SMARTS) is 1. The number of aromatic hydroxyl groups is 1. The molecule has 19 heavy (non-hydrogen) atoms. The van der Waals surface area contributed by atoms with E-state index in [4.69, 9.17) is 10.8 Å². The van der Waals surface area contributed by atoms with Gasteiger partial charge in [0.25, 0.3) is 0 Å². The summed E-state index contributed by atoms with van der Waals surface area (Å²) in [5.74, 6) is -2.36. The van der Waals surface area contributed by atoms with Crippen LogP contribution in [0.2, 0.25) is 0 Å². The molecular formula is C13H17ClFNO3. The van der Waals surface area contributed by atoms with Gasteiger partial charge in [-0.3, -0.25) is 0 Å². The van der Waals surface area contributed by atoms with Crippen molar-refractivity contribution in [3.05, 3.63) is 29.1 Å². The average molecular weight is 290 g/mol. The third-order valence-corrected chi connectivity index (χ3v) is 3.64. The topological polar surface area (TPSA) is 83.6 Å². The summed E-state index contributed by atoms with van der Waals surface area (Å²) in [6, 6.07) is 1.46. The molecule has 0 saturated heterocycles. The lowest BCUT2D eigenvalue weighted by Crippen LogP contribution is -2.21. The Labute approximate surface area is 116 Å². The second-order valence-electron chi connectivity index (χ2n) is 4.73. The molecule has 1 fully saturated rings. The molecule has 4 nitrogen and oxygen atoms in total. The van der Waals surface area contributed by atoms with Gasteiger partial charge in [0.1, 0.15) is 17.1 Å². The predicted molar refractivity (Wildman–Crippen MR) is 71.2 cm³/mol. The third-order valence-electron chi connectivity index (χ3n) is 3.64. The van der Waals surface area contributed by atoms with Crippen LogP contribution in [0.3, 0.4) is 0 Å². The molecule has 0 heterocycles. The van der Waals surface area contributed by atoms with Crippen LogP contribution < -0.4 is 5.73 Å². The number of phenols is 1. The van der Waals surface area contributed by atoms with E-state index < -0.39 is 23.6 Å². The highest BCUT2D eigenvalue weighted by Gasteiger charge is 2.29. The zero-order valence-corrected chi connectivity index (χ0v) is 11.1. The SMILES string of the molecule is Cl.N[C@@H](c1c(F)ccc(C(=O)O)c1O)C1CCCC1. The summed E-state index contributed by atoms with van der Waals surface area (Å²) in [6.07, 6.45) is 3.85. The maximum absolute atomic E-state index is 13.8. The predicted octanol–water partition coefficient (Wildman–Crippen LogP) is 2.84. The van der Waals surface area contributed by atoms with Gasteiger partial charge in [-0.25, -0.2) is 9.18 Å². The number of hydrogen-bond acceptors (Lipinski definition) is 3. The number of nitrogens with two attached hydrogens (primary N) is 1. The molecule has 4 N–H and O–H groups in total. The van der Waals surface area contributed by atoms with Gasteiger partial charge in [0, 0.05) is 11.6 Å². The van der Waals surface area contributed by atoms with Crippen molar-refractivity contribution in [3.8, 4) is 5.75 Å². The molecule has 1 aliphatic carbocycles. The molecule has 2 rings (SSSR count). The van der Waals surface area contributed by atoms with Crippen LogP contribution in [0.25, 0.3) is 0 Å². The van der Waals surface area contributed by atoms with E-state index in [0.29, 0.717) is 0 Å². The van der Waals surface area contributed by atoms with Crippen molar-refractivity contribution in [1.29, 1.82) is 0 Å². The van der Waals surface area contributed by atoms with E-state index in [0.717, 1.165) is 37.8 Å².